The van der Waals surface area contributed by atoms with E-state index < -0.39 is 0 Å². The fraction of sp³-hybridized carbons (Fsp3) is 0.333. The zero-order valence-corrected chi connectivity index (χ0v) is 3.72. The molecule has 1 heteroatoms. The first-order valence-corrected chi connectivity index (χ1v) is 2.04. The Morgan fingerprint density at radius 1 is 2.25 bits per heavy atom. The standard InChI is InChI=1S/C3H5.Al.H2/c1-3-2;;/h3H,1-2H2;;1H. The van der Waals surface area contributed by atoms with Gasteiger partial charge in [0.1, 0.15) is 16.3 Å². The average Bonchev–Trinajstić information content (AvgIpc) is 1.37. The zero-order chi connectivity index (χ0) is 3.41. The van der Waals surface area contributed by atoms with Gasteiger partial charge in [-0.25, -0.2) is 0 Å². The molecule has 0 aliphatic heterocycles. The van der Waals surface area contributed by atoms with E-state index in [1.807, 2.05) is 6.08 Å². The third-order valence-electron chi connectivity index (χ3n) is 0.167. The van der Waals surface area contributed by atoms with Crippen molar-refractivity contribution in [2.75, 3.05) is 0 Å². The Kier molecular flexibility index (Phi) is 3.50. The first-order valence-electron chi connectivity index (χ1n) is 1.22. The van der Waals surface area contributed by atoms with E-state index in [1.165, 1.54) is 0 Å². The summed E-state index contributed by atoms with van der Waals surface area (Å²) in [6.07, 6.45) is 1.84. The monoisotopic (exact) mass is 70.0 g/mol. The van der Waals surface area contributed by atoms with Crippen molar-refractivity contribution >= 4 is 16.3 Å². The molecule has 0 aliphatic carbocycles. The molecule has 0 aromatic rings. The van der Waals surface area contributed by atoms with Crippen LogP contribution in [0.2, 0.25) is 5.28 Å². The van der Waals surface area contributed by atoms with E-state index in [0.29, 0.717) is 0 Å². The summed E-state index contributed by atoms with van der Waals surface area (Å²) in [5, 5.41) is 1.00. The van der Waals surface area contributed by atoms with Gasteiger partial charge in [-0.05, 0) is 0 Å². The van der Waals surface area contributed by atoms with E-state index in [2.05, 4.69) is 22.9 Å². The van der Waals surface area contributed by atoms with Crippen LogP contribution in [0.15, 0.2) is 12.7 Å². The minimum atomic E-state index is 0. The summed E-state index contributed by atoms with van der Waals surface area (Å²) in [6.45, 7) is 3.46. The van der Waals surface area contributed by atoms with Crippen molar-refractivity contribution in [2.24, 2.45) is 0 Å². The van der Waals surface area contributed by atoms with Crippen LogP contribution in [0, 0.1) is 0 Å². The third-order valence-corrected chi connectivity index (χ3v) is 0.500. The van der Waals surface area contributed by atoms with E-state index >= 15 is 0 Å². The summed E-state index contributed by atoms with van der Waals surface area (Å²) < 4.78 is 0. The molecule has 0 spiro atoms. The van der Waals surface area contributed by atoms with Gasteiger partial charge in [0.15, 0.2) is 0 Å². The molecule has 0 saturated heterocycles. The van der Waals surface area contributed by atoms with E-state index in [4.69, 9.17) is 0 Å². The van der Waals surface area contributed by atoms with E-state index in [9.17, 15) is 0 Å². The molecule has 0 aromatic carbocycles. The van der Waals surface area contributed by atoms with Crippen molar-refractivity contribution in [3.63, 3.8) is 0 Å². The van der Waals surface area contributed by atoms with Gasteiger partial charge in [-0.2, -0.15) is 0 Å². The summed E-state index contributed by atoms with van der Waals surface area (Å²) in [5.74, 6) is 0. The Morgan fingerprint density at radius 3 is 2.50 bits per heavy atom. The quantitative estimate of drug-likeness (QED) is 0.319. The molecular formula is C3H7Al. The lowest BCUT2D eigenvalue weighted by Gasteiger charge is -1.58. The van der Waals surface area contributed by atoms with Crippen molar-refractivity contribution in [1.82, 2.24) is 0 Å². The zero-order valence-electron chi connectivity index (χ0n) is 2.57. The lowest BCUT2D eigenvalue weighted by atomic mass is 10.8. The summed E-state index contributed by atoms with van der Waals surface area (Å²) in [5.41, 5.74) is 0. The molecule has 0 aliphatic rings. The summed E-state index contributed by atoms with van der Waals surface area (Å²) in [4.78, 5) is 0. The Labute approximate surface area is 36.4 Å². The number of hydrogen-bond donors (Lipinski definition) is 0. The molecule has 0 aromatic heterocycles. The molecule has 0 atom stereocenters. The van der Waals surface area contributed by atoms with E-state index in [1.54, 1.807) is 0 Å². The van der Waals surface area contributed by atoms with E-state index in [0.717, 1.165) is 5.28 Å². The fourth-order valence-electron chi connectivity index (χ4n) is 0. The van der Waals surface area contributed by atoms with Crippen LogP contribution in [-0.4, -0.2) is 16.3 Å². The van der Waals surface area contributed by atoms with Crippen LogP contribution in [-0.2, 0) is 0 Å². The summed E-state index contributed by atoms with van der Waals surface area (Å²) in [7, 11) is 0. The normalized spacial score (nSPS) is 6.00. The van der Waals surface area contributed by atoms with Gasteiger partial charge in [0, 0.05) is 1.43 Å². The van der Waals surface area contributed by atoms with Gasteiger partial charge in [-0.1, -0.05) is 0 Å². The molecule has 0 nitrogen and oxygen atoms in total. The average molecular weight is 70.1 g/mol. The summed E-state index contributed by atoms with van der Waals surface area (Å²) >= 11 is 2.54. The molecule has 0 fully saturated rings. The molecule has 22 valence electrons. The summed E-state index contributed by atoms with van der Waals surface area (Å²) in [6, 6.07) is 0. The van der Waals surface area contributed by atoms with Crippen LogP contribution < -0.4 is 0 Å². The van der Waals surface area contributed by atoms with Gasteiger partial charge in [-0.3, -0.25) is 0 Å². The van der Waals surface area contributed by atoms with Crippen LogP contribution >= 0.6 is 0 Å². The Balaban J connectivity index is 0. The van der Waals surface area contributed by atoms with Crippen LogP contribution in [0.4, 0.5) is 0 Å². The molecular weight excluding hydrogens is 63.0 g/mol. The Bertz CT molecular complexity index is 20.9. The van der Waals surface area contributed by atoms with Crippen molar-refractivity contribution in [3.05, 3.63) is 12.7 Å². The van der Waals surface area contributed by atoms with Crippen LogP contribution in [0.3, 0.4) is 0 Å². The smallest absolute Gasteiger partial charge is 0.107 e. The van der Waals surface area contributed by atoms with Gasteiger partial charge in [-0.15, -0.1) is 17.9 Å². The molecule has 0 bridgehead atoms. The largest absolute Gasteiger partial charge is 0.124 e. The molecule has 0 heterocycles. The predicted molar refractivity (Wildman–Crippen MR) is 22.9 cm³/mol. The molecule has 0 unspecified atom stereocenters. The maximum Gasteiger partial charge on any atom is 0.124 e. The van der Waals surface area contributed by atoms with E-state index in [-0.39, 0.29) is 1.43 Å². The lowest BCUT2D eigenvalue weighted by Crippen LogP contribution is -1.47. The van der Waals surface area contributed by atoms with Gasteiger partial charge in [0.05, 0.1) is 0 Å². The number of rotatable bonds is 1. The van der Waals surface area contributed by atoms with Gasteiger partial charge < -0.3 is 0 Å². The topological polar surface area (TPSA) is 0 Å². The molecule has 4 heavy (non-hydrogen) atoms. The highest BCUT2D eigenvalue weighted by atomic mass is 27.0. The maximum atomic E-state index is 3.46. The van der Waals surface area contributed by atoms with Crippen LogP contribution in [0.25, 0.3) is 0 Å². The minimum absolute atomic E-state index is 0. The Hall–Kier alpha value is 0.272. The first kappa shape index (κ1) is 4.27. The highest BCUT2D eigenvalue weighted by Crippen LogP contribution is 1.61. The molecule has 0 amide bonds. The number of allylic oxidation sites excluding steroid dienone is 1. The van der Waals surface area contributed by atoms with Crippen LogP contribution in [0.1, 0.15) is 1.43 Å². The molecule has 0 rings (SSSR count). The number of hydrogen-bond acceptors (Lipinski definition) is 0. The second-order valence-electron chi connectivity index (χ2n) is 0.524. The second-order valence-corrected chi connectivity index (χ2v) is 0.996. The highest BCUT2D eigenvalue weighted by Gasteiger charge is 1.46. The SMILES string of the molecule is C=C[CH2][Al].[HH]. The fourth-order valence-corrected chi connectivity index (χ4v) is 0. The first-order chi connectivity index (χ1) is 1.91. The molecule has 0 N–H and O–H groups in total. The molecule has 2 radical (unpaired) electrons. The maximum absolute atomic E-state index is 3.46. The second kappa shape index (κ2) is 3.27. The van der Waals surface area contributed by atoms with Gasteiger partial charge >= 0.3 is 0 Å². The van der Waals surface area contributed by atoms with Crippen molar-refractivity contribution < 1.29 is 1.43 Å². The van der Waals surface area contributed by atoms with Crippen molar-refractivity contribution in [1.29, 1.82) is 0 Å². The van der Waals surface area contributed by atoms with Gasteiger partial charge in [0.25, 0.3) is 0 Å². The van der Waals surface area contributed by atoms with Crippen molar-refractivity contribution in [2.45, 2.75) is 5.28 Å². The van der Waals surface area contributed by atoms with Crippen molar-refractivity contribution in [3.8, 4) is 0 Å². The van der Waals surface area contributed by atoms with Crippen LogP contribution in [0.5, 0.6) is 0 Å². The minimum Gasteiger partial charge on any atom is -0.107 e. The predicted octanol–water partition coefficient (Wildman–Crippen LogP) is 1.01. The molecule has 0 saturated carbocycles. The van der Waals surface area contributed by atoms with Gasteiger partial charge in [0.2, 0.25) is 0 Å². The highest BCUT2D eigenvalue weighted by molar-refractivity contribution is 6.09. The Morgan fingerprint density at radius 2 is 2.50 bits per heavy atom. The third kappa shape index (κ3) is 2.27. The lowest BCUT2D eigenvalue weighted by molar-refractivity contribution is 1.76.